The molecule has 0 aromatic heterocycles. The van der Waals surface area contributed by atoms with Crippen molar-refractivity contribution in [1.29, 1.82) is 0 Å². The van der Waals surface area contributed by atoms with Gasteiger partial charge in [0.25, 0.3) is 0 Å². The molecule has 0 saturated carbocycles. The maximum atomic E-state index is 10.9. The van der Waals surface area contributed by atoms with E-state index in [0.29, 0.717) is 25.7 Å². The van der Waals surface area contributed by atoms with Crippen LogP contribution >= 0.6 is 0 Å². The van der Waals surface area contributed by atoms with E-state index in [1.54, 1.807) is 0 Å². The standard InChI is InChI=1S/C13H18O8/c1-8(10(14)15)9(11(16)17)6-4-2-3-5-7-21-13(20)12(18)19/h9H,1-7H2,(H,14,15)(H,16,17)(H,18,19)/t9-/m0/s1. The van der Waals surface area contributed by atoms with Crippen molar-refractivity contribution in [2.45, 2.75) is 32.1 Å². The highest BCUT2D eigenvalue weighted by Gasteiger charge is 2.24. The zero-order chi connectivity index (χ0) is 16.4. The first-order valence-corrected chi connectivity index (χ1v) is 6.32. The monoisotopic (exact) mass is 302 g/mol. The molecule has 0 aromatic rings. The normalized spacial score (nSPS) is 11.4. The molecule has 1 atom stereocenters. The van der Waals surface area contributed by atoms with Crippen molar-refractivity contribution in [3.63, 3.8) is 0 Å². The number of carboxylic acids is 3. The minimum Gasteiger partial charge on any atom is -0.481 e. The molecule has 0 aliphatic carbocycles. The quantitative estimate of drug-likeness (QED) is 0.234. The van der Waals surface area contributed by atoms with Crippen LogP contribution < -0.4 is 0 Å². The Morgan fingerprint density at radius 1 is 0.905 bits per heavy atom. The Bertz CT molecular complexity index is 426. The average Bonchev–Trinajstić information content (AvgIpc) is 2.40. The van der Waals surface area contributed by atoms with Crippen molar-refractivity contribution in [1.82, 2.24) is 0 Å². The van der Waals surface area contributed by atoms with Crippen LogP contribution in [0.4, 0.5) is 0 Å². The van der Waals surface area contributed by atoms with Crippen LogP contribution in [0.5, 0.6) is 0 Å². The van der Waals surface area contributed by atoms with Gasteiger partial charge < -0.3 is 20.1 Å². The third-order valence-corrected chi connectivity index (χ3v) is 2.79. The number of carboxylic acid groups (broad SMARTS) is 3. The topological polar surface area (TPSA) is 138 Å². The van der Waals surface area contributed by atoms with Crippen LogP contribution in [0.3, 0.4) is 0 Å². The SMILES string of the molecule is C=C(C(=O)O)[C@H](CCCCCCOC(=O)C(=O)O)C(=O)O. The molecule has 8 nitrogen and oxygen atoms in total. The Morgan fingerprint density at radius 3 is 1.95 bits per heavy atom. The van der Waals surface area contributed by atoms with Gasteiger partial charge in [-0.1, -0.05) is 25.8 Å². The maximum absolute atomic E-state index is 10.9. The van der Waals surface area contributed by atoms with Crippen molar-refractivity contribution in [3.8, 4) is 0 Å². The van der Waals surface area contributed by atoms with E-state index in [2.05, 4.69) is 11.3 Å². The molecule has 0 saturated heterocycles. The lowest BCUT2D eigenvalue weighted by Gasteiger charge is -2.11. The summed E-state index contributed by atoms with van der Waals surface area (Å²) in [4.78, 5) is 42.3. The van der Waals surface area contributed by atoms with E-state index in [0.717, 1.165) is 0 Å². The van der Waals surface area contributed by atoms with E-state index in [1.807, 2.05) is 0 Å². The summed E-state index contributed by atoms with van der Waals surface area (Å²) in [6, 6.07) is 0. The highest BCUT2D eigenvalue weighted by Crippen LogP contribution is 2.18. The van der Waals surface area contributed by atoms with E-state index in [9.17, 15) is 19.2 Å². The van der Waals surface area contributed by atoms with Gasteiger partial charge in [-0.3, -0.25) is 4.79 Å². The number of unbranched alkanes of at least 4 members (excludes halogenated alkanes) is 3. The van der Waals surface area contributed by atoms with Gasteiger partial charge in [0.15, 0.2) is 0 Å². The Morgan fingerprint density at radius 2 is 1.48 bits per heavy atom. The lowest BCUT2D eigenvalue weighted by atomic mass is 9.94. The van der Waals surface area contributed by atoms with Crippen molar-refractivity contribution >= 4 is 23.9 Å². The van der Waals surface area contributed by atoms with Crippen LogP contribution in [0.2, 0.25) is 0 Å². The van der Waals surface area contributed by atoms with Crippen LogP contribution in [-0.2, 0) is 23.9 Å². The number of carbonyl (C=O) groups is 4. The van der Waals surface area contributed by atoms with Crippen molar-refractivity contribution in [2.75, 3.05) is 6.61 Å². The van der Waals surface area contributed by atoms with Gasteiger partial charge in [-0.15, -0.1) is 0 Å². The summed E-state index contributed by atoms with van der Waals surface area (Å²) < 4.78 is 4.41. The minimum absolute atomic E-state index is 0.0185. The lowest BCUT2D eigenvalue weighted by Crippen LogP contribution is -2.20. The Labute approximate surface area is 121 Å². The first-order valence-electron chi connectivity index (χ1n) is 6.32. The molecule has 0 aliphatic rings. The molecule has 3 N–H and O–H groups in total. The van der Waals surface area contributed by atoms with Gasteiger partial charge in [-0.05, 0) is 12.8 Å². The highest BCUT2D eigenvalue weighted by molar-refractivity contribution is 6.28. The van der Waals surface area contributed by atoms with E-state index in [-0.39, 0.29) is 18.6 Å². The predicted octanol–water partition coefficient (Wildman–Crippen LogP) is 0.906. The van der Waals surface area contributed by atoms with Gasteiger partial charge in [0, 0.05) is 5.57 Å². The van der Waals surface area contributed by atoms with E-state index in [4.69, 9.17) is 15.3 Å². The van der Waals surface area contributed by atoms with Gasteiger partial charge in [-0.25, -0.2) is 14.4 Å². The zero-order valence-electron chi connectivity index (χ0n) is 11.4. The molecule has 0 spiro atoms. The highest BCUT2D eigenvalue weighted by atomic mass is 16.6. The molecule has 0 heterocycles. The number of hydrogen-bond donors (Lipinski definition) is 3. The second-order valence-electron chi connectivity index (χ2n) is 4.37. The second kappa shape index (κ2) is 9.51. The first-order chi connectivity index (χ1) is 9.77. The van der Waals surface area contributed by atoms with Crippen LogP contribution in [0.15, 0.2) is 12.2 Å². The van der Waals surface area contributed by atoms with Gasteiger partial charge in [0.05, 0.1) is 12.5 Å². The van der Waals surface area contributed by atoms with Crippen LogP contribution in [-0.4, -0.2) is 45.8 Å². The number of ether oxygens (including phenoxy) is 1. The Kier molecular flexibility index (Phi) is 8.43. The fraction of sp³-hybridized carbons (Fsp3) is 0.538. The molecule has 0 aromatic carbocycles. The molecule has 21 heavy (non-hydrogen) atoms. The summed E-state index contributed by atoms with van der Waals surface area (Å²) in [7, 11) is 0. The second-order valence-corrected chi connectivity index (χ2v) is 4.37. The lowest BCUT2D eigenvalue weighted by molar-refractivity contribution is -0.163. The third kappa shape index (κ3) is 7.71. The Balaban J connectivity index is 3.85. The summed E-state index contributed by atoms with van der Waals surface area (Å²) in [6.07, 6.45) is 2.32. The smallest absolute Gasteiger partial charge is 0.417 e. The number of aliphatic carboxylic acids is 3. The molecule has 0 rings (SSSR count). The molecule has 118 valence electrons. The number of carbonyl (C=O) groups excluding carboxylic acids is 1. The van der Waals surface area contributed by atoms with Crippen LogP contribution in [0.25, 0.3) is 0 Å². The summed E-state index contributed by atoms with van der Waals surface area (Å²) >= 11 is 0. The average molecular weight is 302 g/mol. The van der Waals surface area contributed by atoms with Crippen molar-refractivity contribution in [2.24, 2.45) is 5.92 Å². The van der Waals surface area contributed by atoms with Gasteiger partial charge in [0.1, 0.15) is 0 Å². The number of rotatable bonds is 10. The van der Waals surface area contributed by atoms with Gasteiger partial charge in [0.2, 0.25) is 0 Å². The molecule has 0 bridgehead atoms. The fourth-order valence-corrected chi connectivity index (χ4v) is 1.63. The number of hydrogen-bond acceptors (Lipinski definition) is 5. The van der Waals surface area contributed by atoms with Crippen LogP contribution in [0.1, 0.15) is 32.1 Å². The Hall–Kier alpha value is -2.38. The zero-order valence-corrected chi connectivity index (χ0v) is 11.4. The van der Waals surface area contributed by atoms with Crippen molar-refractivity contribution < 1.29 is 39.2 Å². The van der Waals surface area contributed by atoms with E-state index in [1.165, 1.54) is 0 Å². The summed E-state index contributed by atoms with van der Waals surface area (Å²) in [5, 5.41) is 25.9. The molecule has 0 amide bonds. The molecule has 8 heteroatoms. The van der Waals surface area contributed by atoms with Gasteiger partial charge in [-0.2, -0.15) is 0 Å². The third-order valence-electron chi connectivity index (χ3n) is 2.79. The molecule has 0 fully saturated rings. The summed E-state index contributed by atoms with van der Waals surface area (Å²) in [5.74, 6) is -6.63. The molecule has 0 radical (unpaired) electrons. The van der Waals surface area contributed by atoms with E-state index < -0.39 is 29.8 Å². The maximum Gasteiger partial charge on any atom is 0.417 e. The molecule has 0 aliphatic heterocycles. The first kappa shape index (κ1) is 18.6. The largest absolute Gasteiger partial charge is 0.481 e. The minimum atomic E-state index is -1.65. The van der Waals surface area contributed by atoms with Crippen LogP contribution in [0, 0.1) is 5.92 Å². The van der Waals surface area contributed by atoms with E-state index >= 15 is 0 Å². The predicted molar refractivity (Wildman–Crippen MR) is 69.6 cm³/mol. The summed E-state index contributed by atoms with van der Waals surface area (Å²) in [5.41, 5.74) is -0.349. The summed E-state index contributed by atoms with van der Waals surface area (Å²) in [6.45, 7) is 3.23. The molecule has 0 unspecified atom stereocenters. The molecular formula is C13H18O8. The molecular weight excluding hydrogens is 284 g/mol. The van der Waals surface area contributed by atoms with Crippen molar-refractivity contribution in [3.05, 3.63) is 12.2 Å². The number of esters is 1. The fourth-order valence-electron chi connectivity index (χ4n) is 1.63. The van der Waals surface area contributed by atoms with Gasteiger partial charge >= 0.3 is 23.9 Å².